The fraction of sp³-hybridized carbons (Fsp3) is 0.278. The molecular weight excluding hydrogens is 326 g/mol. The number of nitrogens with two attached hydrogens (primary N) is 1. The Bertz CT molecular complexity index is 726. The van der Waals surface area contributed by atoms with Gasteiger partial charge < -0.3 is 20.3 Å². The van der Waals surface area contributed by atoms with Gasteiger partial charge >= 0.3 is 0 Å². The Balaban J connectivity index is 1.69. The van der Waals surface area contributed by atoms with Crippen molar-refractivity contribution in [3.05, 3.63) is 53.1 Å². The lowest BCUT2D eigenvalue weighted by molar-refractivity contribution is 0.0743. The van der Waals surface area contributed by atoms with Crippen LogP contribution in [0.4, 0.5) is 11.4 Å². The molecule has 2 aromatic rings. The highest BCUT2D eigenvalue weighted by atomic mass is 35.5. The molecular formula is C18H20ClN3O2. The first kappa shape index (κ1) is 16.5. The molecule has 0 unspecified atom stereocenters. The topological polar surface area (TPSA) is 58.8 Å². The van der Waals surface area contributed by atoms with Crippen molar-refractivity contribution in [1.29, 1.82) is 0 Å². The van der Waals surface area contributed by atoms with Crippen LogP contribution >= 0.6 is 11.6 Å². The minimum absolute atomic E-state index is 0.0497. The molecule has 126 valence electrons. The summed E-state index contributed by atoms with van der Waals surface area (Å²) in [5.41, 5.74) is 8.11. The van der Waals surface area contributed by atoms with E-state index in [0.29, 0.717) is 29.4 Å². The van der Waals surface area contributed by atoms with Crippen LogP contribution in [0.5, 0.6) is 5.75 Å². The maximum absolute atomic E-state index is 12.8. The second kappa shape index (κ2) is 7.01. The zero-order valence-corrected chi connectivity index (χ0v) is 14.3. The van der Waals surface area contributed by atoms with E-state index in [2.05, 4.69) is 4.90 Å². The quantitative estimate of drug-likeness (QED) is 0.869. The minimum Gasteiger partial charge on any atom is -0.496 e. The van der Waals surface area contributed by atoms with Crippen LogP contribution in [0.15, 0.2) is 42.5 Å². The predicted molar refractivity (Wildman–Crippen MR) is 97.0 cm³/mol. The van der Waals surface area contributed by atoms with Crippen LogP contribution in [0.1, 0.15) is 10.4 Å². The summed E-state index contributed by atoms with van der Waals surface area (Å²) in [6.07, 6.45) is 0. The average Bonchev–Trinajstić information content (AvgIpc) is 2.62. The standard InChI is InChI=1S/C18H20ClN3O2/c1-24-17-7-2-13(19)12-16(17)18(23)22-10-8-21(9-11-22)15-5-3-14(20)4-6-15/h2-7,12H,8-11,20H2,1H3. The van der Waals surface area contributed by atoms with Gasteiger partial charge in [0, 0.05) is 42.6 Å². The number of nitrogen functional groups attached to an aromatic ring is 1. The van der Waals surface area contributed by atoms with Gasteiger partial charge in [-0.25, -0.2) is 0 Å². The van der Waals surface area contributed by atoms with E-state index in [-0.39, 0.29) is 5.91 Å². The van der Waals surface area contributed by atoms with Gasteiger partial charge in [-0.05, 0) is 42.5 Å². The third-order valence-electron chi connectivity index (χ3n) is 4.22. The Morgan fingerprint density at radius 1 is 1.08 bits per heavy atom. The highest BCUT2D eigenvalue weighted by molar-refractivity contribution is 6.31. The first-order chi connectivity index (χ1) is 11.6. The number of carbonyl (C=O) groups excluding carboxylic acids is 1. The number of piperazine rings is 1. The van der Waals surface area contributed by atoms with Crippen molar-refractivity contribution < 1.29 is 9.53 Å². The number of nitrogens with zero attached hydrogens (tertiary/aromatic N) is 2. The van der Waals surface area contributed by atoms with E-state index in [1.165, 1.54) is 0 Å². The Morgan fingerprint density at radius 3 is 2.38 bits per heavy atom. The molecule has 24 heavy (non-hydrogen) atoms. The average molecular weight is 346 g/mol. The van der Waals surface area contributed by atoms with Crippen molar-refractivity contribution in [2.45, 2.75) is 0 Å². The van der Waals surface area contributed by atoms with Gasteiger partial charge in [0.1, 0.15) is 5.75 Å². The molecule has 1 aliphatic heterocycles. The number of anilines is 2. The summed E-state index contributed by atoms with van der Waals surface area (Å²) in [6.45, 7) is 2.86. The van der Waals surface area contributed by atoms with Crippen LogP contribution in [-0.2, 0) is 0 Å². The minimum atomic E-state index is -0.0497. The lowest BCUT2D eigenvalue weighted by Crippen LogP contribution is -2.48. The molecule has 3 rings (SSSR count). The molecule has 0 atom stereocenters. The monoisotopic (exact) mass is 345 g/mol. The highest BCUT2D eigenvalue weighted by Gasteiger charge is 2.24. The van der Waals surface area contributed by atoms with Crippen LogP contribution in [0.2, 0.25) is 5.02 Å². The molecule has 1 heterocycles. The zero-order chi connectivity index (χ0) is 17.1. The van der Waals surface area contributed by atoms with Gasteiger partial charge in [-0.1, -0.05) is 11.6 Å². The molecule has 0 aliphatic carbocycles. The van der Waals surface area contributed by atoms with Crippen molar-refractivity contribution in [3.63, 3.8) is 0 Å². The van der Waals surface area contributed by atoms with E-state index in [1.807, 2.05) is 29.2 Å². The van der Waals surface area contributed by atoms with E-state index in [0.717, 1.165) is 24.5 Å². The Kier molecular flexibility index (Phi) is 4.81. The molecule has 1 amide bonds. The number of ether oxygens (including phenoxy) is 1. The number of rotatable bonds is 3. The van der Waals surface area contributed by atoms with Crippen molar-refractivity contribution in [1.82, 2.24) is 4.90 Å². The molecule has 1 saturated heterocycles. The molecule has 1 aliphatic rings. The van der Waals surface area contributed by atoms with Gasteiger partial charge in [-0.15, -0.1) is 0 Å². The Morgan fingerprint density at radius 2 is 1.75 bits per heavy atom. The summed E-state index contributed by atoms with van der Waals surface area (Å²) in [4.78, 5) is 16.9. The number of methoxy groups -OCH3 is 1. The van der Waals surface area contributed by atoms with Crippen molar-refractivity contribution >= 4 is 28.9 Å². The molecule has 5 nitrogen and oxygen atoms in total. The van der Waals surface area contributed by atoms with Gasteiger partial charge in [-0.3, -0.25) is 4.79 Å². The molecule has 0 bridgehead atoms. The fourth-order valence-corrected chi connectivity index (χ4v) is 3.04. The van der Waals surface area contributed by atoms with Gasteiger partial charge in [-0.2, -0.15) is 0 Å². The maximum atomic E-state index is 12.8. The van der Waals surface area contributed by atoms with Gasteiger partial charge in [0.2, 0.25) is 0 Å². The molecule has 1 fully saturated rings. The van der Waals surface area contributed by atoms with Crippen LogP contribution in [0.3, 0.4) is 0 Å². The summed E-state index contributed by atoms with van der Waals surface area (Å²) >= 11 is 6.03. The Hall–Kier alpha value is -2.40. The maximum Gasteiger partial charge on any atom is 0.257 e. The lowest BCUT2D eigenvalue weighted by Gasteiger charge is -2.36. The lowest BCUT2D eigenvalue weighted by atomic mass is 10.1. The Labute approximate surface area is 146 Å². The third kappa shape index (κ3) is 3.41. The van der Waals surface area contributed by atoms with E-state index in [9.17, 15) is 4.79 Å². The van der Waals surface area contributed by atoms with E-state index < -0.39 is 0 Å². The van der Waals surface area contributed by atoms with Crippen molar-refractivity contribution in [2.75, 3.05) is 43.9 Å². The molecule has 2 aromatic carbocycles. The van der Waals surface area contributed by atoms with Gasteiger partial charge in [0.05, 0.1) is 12.7 Å². The first-order valence-electron chi connectivity index (χ1n) is 7.82. The summed E-state index contributed by atoms with van der Waals surface area (Å²) in [5, 5.41) is 0.527. The van der Waals surface area contributed by atoms with Crippen LogP contribution in [0, 0.1) is 0 Å². The van der Waals surface area contributed by atoms with E-state index in [1.54, 1.807) is 25.3 Å². The highest BCUT2D eigenvalue weighted by Crippen LogP contribution is 2.25. The van der Waals surface area contributed by atoms with Crippen LogP contribution in [0.25, 0.3) is 0 Å². The number of hydrogen-bond donors (Lipinski definition) is 1. The molecule has 2 N–H and O–H groups in total. The number of hydrogen-bond acceptors (Lipinski definition) is 4. The molecule has 0 spiro atoms. The smallest absolute Gasteiger partial charge is 0.257 e. The van der Waals surface area contributed by atoms with E-state index in [4.69, 9.17) is 22.1 Å². The zero-order valence-electron chi connectivity index (χ0n) is 13.5. The molecule has 0 radical (unpaired) electrons. The van der Waals surface area contributed by atoms with E-state index >= 15 is 0 Å². The summed E-state index contributed by atoms with van der Waals surface area (Å²) in [6, 6.07) is 12.9. The number of benzene rings is 2. The predicted octanol–water partition coefficient (Wildman–Crippen LogP) is 2.89. The van der Waals surface area contributed by atoms with Crippen LogP contribution < -0.4 is 15.4 Å². The first-order valence-corrected chi connectivity index (χ1v) is 8.19. The summed E-state index contributed by atoms with van der Waals surface area (Å²) < 4.78 is 5.29. The summed E-state index contributed by atoms with van der Waals surface area (Å²) in [7, 11) is 1.55. The number of amides is 1. The van der Waals surface area contributed by atoms with Gasteiger partial charge in [0.25, 0.3) is 5.91 Å². The number of carbonyl (C=O) groups is 1. The molecule has 0 saturated carbocycles. The largest absolute Gasteiger partial charge is 0.496 e. The normalized spacial score (nSPS) is 14.6. The molecule has 0 aromatic heterocycles. The fourth-order valence-electron chi connectivity index (χ4n) is 2.87. The SMILES string of the molecule is COc1ccc(Cl)cc1C(=O)N1CCN(c2ccc(N)cc2)CC1. The van der Waals surface area contributed by atoms with Crippen molar-refractivity contribution in [2.24, 2.45) is 0 Å². The molecule has 6 heteroatoms. The van der Waals surface area contributed by atoms with Gasteiger partial charge in [0.15, 0.2) is 0 Å². The summed E-state index contributed by atoms with van der Waals surface area (Å²) in [5.74, 6) is 0.497. The third-order valence-corrected chi connectivity index (χ3v) is 4.45. The van der Waals surface area contributed by atoms with Crippen molar-refractivity contribution in [3.8, 4) is 5.75 Å². The second-order valence-electron chi connectivity index (χ2n) is 5.72. The van der Waals surface area contributed by atoms with Crippen LogP contribution in [-0.4, -0.2) is 44.1 Å². The number of halogens is 1. The second-order valence-corrected chi connectivity index (χ2v) is 6.15.